The Hall–Kier alpha value is -4.35. The van der Waals surface area contributed by atoms with E-state index < -0.39 is 0 Å². The van der Waals surface area contributed by atoms with Crippen LogP contribution in [-0.4, -0.2) is 43.2 Å². The van der Waals surface area contributed by atoms with Crippen molar-refractivity contribution in [3.8, 4) is 0 Å². The predicted molar refractivity (Wildman–Crippen MR) is 162 cm³/mol. The Kier molecular flexibility index (Phi) is 7.41. The summed E-state index contributed by atoms with van der Waals surface area (Å²) in [5, 5.41) is 8.89. The van der Waals surface area contributed by atoms with Crippen molar-refractivity contribution < 1.29 is 4.79 Å². The first-order chi connectivity index (χ1) is 19.2. The number of fused-ring (bicyclic) bond motifs is 3. The van der Waals surface area contributed by atoms with E-state index in [1.165, 1.54) is 38.6 Å². The summed E-state index contributed by atoms with van der Waals surface area (Å²) in [7, 11) is 0. The van der Waals surface area contributed by atoms with Gasteiger partial charge in [0.25, 0.3) is 0 Å². The van der Waals surface area contributed by atoms with Gasteiger partial charge in [0.1, 0.15) is 0 Å². The minimum atomic E-state index is -0.0730. The summed E-state index contributed by atoms with van der Waals surface area (Å²) in [6, 6.07) is 34.3. The molecule has 2 heterocycles. The van der Waals surface area contributed by atoms with Crippen LogP contribution in [0.15, 0.2) is 103 Å². The molecule has 39 heavy (non-hydrogen) atoms. The lowest BCUT2D eigenvalue weighted by atomic mass is 10.1. The lowest BCUT2D eigenvalue weighted by Crippen LogP contribution is -2.43. The zero-order valence-corrected chi connectivity index (χ0v) is 22.1. The molecule has 5 heteroatoms. The zero-order chi connectivity index (χ0) is 26.4. The van der Waals surface area contributed by atoms with E-state index in [2.05, 4.69) is 99.0 Å². The van der Waals surface area contributed by atoms with Gasteiger partial charge in [-0.2, -0.15) is 0 Å². The van der Waals surface area contributed by atoms with Crippen LogP contribution in [0.1, 0.15) is 16.7 Å². The summed E-state index contributed by atoms with van der Waals surface area (Å²) in [5.74, 6) is -0.0730. The van der Waals surface area contributed by atoms with Crippen molar-refractivity contribution in [3.05, 3.63) is 120 Å². The number of para-hydroxylation sites is 1. The van der Waals surface area contributed by atoms with E-state index in [0.29, 0.717) is 6.54 Å². The van der Waals surface area contributed by atoms with Gasteiger partial charge in [-0.25, -0.2) is 0 Å². The minimum absolute atomic E-state index is 0.0730. The highest BCUT2D eigenvalue weighted by molar-refractivity contribution is 6.08. The molecule has 0 saturated carbocycles. The summed E-state index contributed by atoms with van der Waals surface area (Å²) >= 11 is 0. The average molecular weight is 515 g/mol. The van der Waals surface area contributed by atoms with Gasteiger partial charge < -0.3 is 20.1 Å². The van der Waals surface area contributed by atoms with Crippen LogP contribution in [0.25, 0.3) is 27.9 Å². The van der Waals surface area contributed by atoms with Crippen LogP contribution in [0.3, 0.4) is 0 Å². The van der Waals surface area contributed by atoms with E-state index in [9.17, 15) is 4.79 Å². The van der Waals surface area contributed by atoms with Crippen LogP contribution in [0.2, 0.25) is 0 Å². The fourth-order valence-electron chi connectivity index (χ4n) is 5.46. The van der Waals surface area contributed by atoms with E-state index in [0.717, 1.165) is 44.7 Å². The van der Waals surface area contributed by atoms with Crippen LogP contribution in [0.5, 0.6) is 0 Å². The Morgan fingerprint density at radius 3 is 2.36 bits per heavy atom. The standard InChI is InChI=1S/C34H34N4O/c39-34(36-19-18-26-6-2-1-3-7-26)17-13-27-12-16-31-30-8-4-5-9-32(30)38(33(31)24-27)25-28-10-14-29(15-11-28)37-22-20-35-21-23-37/h1-17,24,35H,18-23,25H2,(H,36,39). The first-order valence-corrected chi connectivity index (χ1v) is 13.8. The van der Waals surface area contributed by atoms with E-state index in [1.54, 1.807) is 6.08 Å². The molecule has 0 bridgehead atoms. The van der Waals surface area contributed by atoms with E-state index in [-0.39, 0.29) is 5.91 Å². The van der Waals surface area contributed by atoms with Crippen molar-refractivity contribution in [1.82, 2.24) is 15.2 Å². The number of benzene rings is 4. The van der Waals surface area contributed by atoms with Crippen molar-refractivity contribution in [2.75, 3.05) is 37.6 Å². The van der Waals surface area contributed by atoms with Gasteiger partial charge in [0.05, 0.1) is 5.52 Å². The molecule has 1 aliphatic heterocycles. The van der Waals surface area contributed by atoms with Gasteiger partial charge in [-0.15, -0.1) is 0 Å². The Morgan fingerprint density at radius 2 is 1.54 bits per heavy atom. The highest BCUT2D eigenvalue weighted by Gasteiger charge is 2.13. The van der Waals surface area contributed by atoms with Crippen LogP contribution in [0, 0.1) is 0 Å². The molecule has 6 rings (SSSR count). The molecule has 1 aliphatic rings. The van der Waals surface area contributed by atoms with Crippen molar-refractivity contribution >= 4 is 39.5 Å². The zero-order valence-electron chi connectivity index (χ0n) is 22.1. The fourth-order valence-corrected chi connectivity index (χ4v) is 5.46. The number of rotatable bonds is 8. The molecule has 5 aromatic rings. The molecule has 196 valence electrons. The molecular formula is C34H34N4O. The van der Waals surface area contributed by atoms with Crippen LogP contribution >= 0.6 is 0 Å². The summed E-state index contributed by atoms with van der Waals surface area (Å²) in [4.78, 5) is 14.9. The number of hydrogen-bond donors (Lipinski definition) is 2. The van der Waals surface area contributed by atoms with Gasteiger partial charge in [-0.1, -0.05) is 72.8 Å². The Bertz CT molecular complexity index is 1600. The summed E-state index contributed by atoms with van der Waals surface area (Å²) in [6.45, 7) is 5.58. The smallest absolute Gasteiger partial charge is 0.244 e. The van der Waals surface area contributed by atoms with Crippen molar-refractivity contribution in [2.45, 2.75) is 13.0 Å². The number of piperazine rings is 1. The van der Waals surface area contributed by atoms with Gasteiger partial charge in [-0.3, -0.25) is 4.79 Å². The van der Waals surface area contributed by atoms with Gasteiger partial charge in [0.2, 0.25) is 5.91 Å². The Balaban J connectivity index is 1.21. The van der Waals surface area contributed by atoms with Crippen LogP contribution in [-0.2, 0) is 17.8 Å². The Labute approximate surface area is 229 Å². The SMILES string of the molecule is O=C(C=Cc1ccc2c3ccccc3n(Cc3ccc(N4CCNCC4)cc3)c2c1)NCCc1ccccc1. The van der Waals surface area contributed by atoms with E-state index >= 15 is 0 Å². The minimum Gasteiger partial charge on any atom is -0.369 e. The molecule has 1 aromatic heterocycles. The first-order valence-electron chi connectivity index (χ1n) is 13.8. The number of carbonyl (C=O) groups is 1. The van der Waals surface area contributed by atoms with E-state index in [4.69, 9.17) is 0 Å². The predicted octanol–water partition coefficient (Wildman–Crippen LogP) is 5.62. The number of aromatic nitrogens is 1. The molecule has 0 radical (unpaired) electrons. The number of carbonyl (C=O) groups excluding carboxylic acids is 1. The number of amides is 1. The van der Waals surface area contributed by atoms with Crippen molar-refractivity contribution in [2.24, 2.45) is 0 Å². The Morgan fingerprint density at radius 1 is 0.795 bits per heavy atom. The molecule has 4 aromatic carbocycles. The second-order valence-electron chi connectivity index (χ2n) is 10.1. The molecular weight excluding hydrogens is 480 g/mol. The molecule has 0 spiro atoms. The third kappa shape index (κ3) is 5.74. The molecule has 0 aliphatic carbocycles. The summed E-state index contributed by atoms with van der Waals surface area (Å²) in [5.41, 5.74) is 7.19. The maximum Gasteiger partial charge on any atom is 0.244 e. The van der Waals surface area contributed by atoms with Crippen LogP contribution < -0.4 is 15.5 Å². The molecule has 1 fully saturated rings. The van der Waals surface area contributed by atoms with Gasteiger partial charge in [-0.05, 0) is 53.5 Å². The van der Waals surface area contributed by atoms with Gasteiger partial charge in [0, 0.05) is 67.3 Å². The maximum absolute atomic E-state index is 12.5. The molecule has 1 amide bonds. The molecule has 0 unspecified atom stereocenters. The summed E-state index contributed by atoms with van der Waals surface area (Å²) < 4.78 is 2.39. The second-order valence-corrected chi connectivity index (χ2v) is 10.1. The maximum atomic E-state index is 12.5. The quantitative estimate of drug-likeness (QED) is 0.264. The lowest BCUT2D eigenvalue weighted by Gasteiger charge is -2.29. The molecule has 1 saturated heterocycles. The van der Waals surface area contributed by atoms with Gasteiger partial charge >= 0.3 is 0 Å². The third-order valence-corrected chi connectivity index (χ3v) is 7.54. The van der Waals surface area contributed by atoms with Crippen molar-refractivity contribution in [3.63, 3.8) is 0 Å². The van der Waals surface area contributed by atoms with Gasteiger partial charge in [0.15, 0.2) is 0 Å². The lowest BCUT2D eigenvalue weighted by molar-refractivity contribution is -0.116. The number of nitrogens with zero attached hydrogens (tertiary/aromatic N) is 2. The molecule has 5 nitrogen and oxygen atoms in total. The molecule has 0 atom stereocenters. The van der Waals surface area contributed by atoms with Crippen LogP contribution in [0.4, 0.5) is 5.69 Å². The van der Waals surface area contributed by atoms with E-state index in [1.807, 2.05) is 24.3 Å². The average Bonchev–Trinajstić information content (AvgIpc) is 3.30. The highest BCUT2D eigenvalue weighted by atomic mass is 16.1. The monoisotopic (exact) mass is 514 g/mol. The van der Waals surface area contributed by atoms with Crippen molar-refractivity contribution in [1.29, 1.82) is 0 Å². The topological polar surface area (TPSA) is 49.3 Å². The normalized spacial score (nSPS) is 13.9. The largest absolute Gasteiger partial charge is 0.369 e. The highest BCUT2D eigenvalue weighted by Crippen LogP contribution is 2.31. The molecule has 2 N–H and O–H groups in total. The first kappa shape index (κ1) is 25.0. The number of anilines is 1. The second kappa shape index (κ2) is 11.6. The fraction of sp³-hybridized carbons (Fsp3) is 0.206. The summed E-state index contributed by atoms with van der Waals surface area (Å²) in [6.07, 6.45) is 4.36. The number of hydrogen-bond acceptors (Lipinski definition) is 3. The number of nitrogens with one attached hydrogen (secondary N) is 2. The third-order valence-electron chi connectivity index (χ3n) is 7.54.